The van der Waals surface area contributed by atoms with Crippen molar-refractivity contribution in [2.75, 3.05) is 19.7 Å². The Bertz CT molecular complexity index is 1040. The summed E-state index contributed by atoms with van der Waals surface area (Å²) in [4.78, 5) is 37.9. The number of ether oxygens (including phenoxy) is 1. The molecule has 0 aromatic heterocycles. The zero-order valence-electron chi connectivity index (χ0n) is 19.1. The number of hydrogen-bond donors (Lipinski definition) is 2. The quantitative estimate of drug-likeness (QED) is 0.574. The van der Waals surface area contributed by atoms with E-state index in [0.29, 0.717) is 12.8 Å². The van der Waals surface area contributed by atoms with Crippen LogP contribution in [0.25, 0.3) is 11.1 Å². The van der Waals surface area contributed by atoms with Gasteiger partial charge in [0.05, 0.1) is 0 Å². The lowest BCUT2D eigenvalue weighted by atomic mass is 9.84. The largest absolute Gasteiger partial charge is 0.480 e. The van der Waals surface area contributed by atoms with E-state index >= 15 is 0 Å². The number of carboxylic acids is 1. The van der Waals surface area contributed by atoms with E-state index in [1.54, 1.807) is 0 Å². The van der Waals surface area contributed by atoms with E-state index in [4.69, 9.17) is 9.84 Å². The summed E-state index contributed by atoms with van der Waals surface area (Å²) in [5.74, 6) is -1.60. The Balaban J connectivity index is 1.34. The zero-order chi connectivity index (χ0) is 24.1. The second-order valence-corrected chi connectivity index (χ2v) is 8.93. The summed E-state index contributed by atoms with van der Waals surface area (Å²) in [6.07, 6.45) is 3.71. The number of nitrogens with one attached hydrogen (secondary N) is 1. The molecule has 0 spiro atoms. The van der Waals surface area contributed by atoms with Gasteiger partial charge in [0.25, 0.3) is 0 Å². The second kappa shape index (κ2) is 10.5. The predicted molar refractivity (Wildman–Crippen MR) is 128 cm³/mol. The highest BCUT2D eigenvalue weighted by Gasteiger charge is 2.33. The van der Waals surface area contributed by atoms with E-state index in [0.717, 1.165) is 24.0 Å². The first-order valence-corrected chi connectivity index (χ1v) is 11.7. The molecule has 2 aromatic rings. The number of aliphatic carboxylic acids is 1. The second-order valence-electron chi connectivity index (χ2n) is 8.93. The highest BCUT2D eigenvalue weighted by Crippen LogP contribution is 2.44. The van der Waals surface area contributed by atoms with Crippen molar-refractivity contribution in [3.05, 3.63) is 72.3 Å². The lowest BCUT2D eigenvalue weighted by molar-refractivity contribution is -0.146. The zero-order valence-corrected chi connectivity index (χ0v) is 19.1. The van der Waals surface area contributed by atoms with Gasteiger partial charge in [-0.25, -0.2) is 4.79 Å². The predicted octanol–water partition coefficient (Wildman–Crippen LogP) is 4.18. The molecule has 0 heterocycles. The van der Waals surface area contributed by atoms with Crippen LogP contribution in [0.3, 0.4) is 0 Å². The van der Waals surface area contributed by atoms with Gasteiger partial charge in [0.1, 0.15) is 13.2 Å². The maximum Gasteiger partial charge on any atom is 0.407 e. The van der Waals surface area contributed by atoms with Crippen molar-refractivity contribution in [1.29, 1.82) is 0 Å². The summed E-state index contributed by atoms with van der Waals surface area (Å²) in [6.45, 7) is 3.68. The average molecular weight is 463 g/mol. The molecule has 2 atom stereocenters. The molecular formula is C27H30N2O5. The maximum absolute atomic E-state index is 12.9. The Morgan fingerprint density at radius 1 is 1.06 bits per heavy atom. The number of nitrogens with zero attached hydrogens (tertiary/aromatic N) is 1. The molecule has 4 rings (SSSR count). The minimum atomic E-state index is -1.06. The summed E-state index contributed by atoms with van der Waals surface area (Å²) in [5, 5.41) is 12.0. The van der Waals surface area contributed by atoms with E-state index in [-0.39, 0.29) is 43.5 Å². The van der Waals surface area contributed by atoms with Gasteiger partial charge in [-0.05, 0) is 41.5 Å². The molecule has 7 nitrogen and oxygen atoms in total. The summed E-state index contributed by atoms with van der Waals surface area (Å²) >= 11 is 0. The molecule has 0 unspecified atom stereocenters. The summed E-state index contributed by atoms with van der Waals surface area (Å²) in [5.41, 5.74) is 4.65. The first kappa shape index (κ1) is 23.5. The van der Waals surface area contributed by atoms with Crippen LogP contribution in [0.1, 0.15) is 42.7 Å². The first-order chi connectivity index (χ1) is 16.5. The Kier molecular flexibility index (Phi) is 7.30. The van der Waals surface area contributed by atoms with Crippen molar-refractivity contribution < 1.29 is 24.2 Å². The molecule has 1 fully saturated rings. The molecule has 34 heavy (non-hydrogen) atoms. The van der Waals surface area contributed by atoms with Crippen LogP contribution in [0.2, 0.25) is 0 Å². The molecule has 1 saturated carbocycles. The molecule has 2 N–H and O–H groups in total. The van der Waals surface area contributed by atoms with Crippen molar-refractivity contribution in [3.63, 3.8) is 0 Å². The summed E-state index contributed by atoms with van der Waals surface area (Å²) in [6, 6.07) is 16.2. The van der Waals surface area contributed by atoms with Gasteiger partial charge in [-0.1, -0.05) is 61.0 Å². The van der Waals surface area contributed by atoms with Crippen LogP contribution < -0.4 is 5.32 Å². The monoisotopic (exact) mass is 462 g/mol. The van der Waals surface area contributed by atoms with E-state index in [2.05, 4.69) is 36.2 Å². The van der Waals surface area contributed by atoms with Crippen LogP contribution in [0.4, 0.5) is 4.79 Å². The van der Waals surface area contributed by atoms with Crippen LogP contribution in [0.15, 0.2) is 61.2 Å². The molecule has 2 aliphatic carbocycles. The SMILES string of the molecule is C=CCN(CC(=O)O)C(=O)[C@@H]1CCC[C@H](NC(=O)OCC2c3ccccc3-c3ccccc32)C1. The molecule has 0 aliphatic heterocycles. The molecule has 2 amide bonds. The Morgan fingerprint density at radius 3 is 2.32 bits per heavy atom. The average Bonchev–Trinajstić information content (AvgIpc) is 3.16. The van der Waals surface area contributed by atoms with E-state index in [9.17, 15) is 14.4 Å². The van der Waals surface area contributed by atoms with Crippen LogP contribution in [0, 0.1) is 5.92 Å². The highest BCUT2D eigenvalue weighted by atomic mass is 16.5. The fourth-order valence-corrected chi connectivity index (χ4v) is 5.16. The van der Waals surface area contributed by atoms with E-state index < -0.39 is 12.1 Å². The number of carboxylic acid groups (broad SMARTS) is 1. The van der Waals surface area contributed by atoms with Crippen molar-refractivity contribution in [2.45, 2.75) is 37.6 Å². The van der Waals surface area contributed by atoms with Gasteiger partial charge in [0, 0.05) is 24.4 Å². The van der Waals surface area contributed by atoms with Crippen molar-refractivity contribution >= 4 is 18.0 Å². The van der Waals surface area contributed by atoms with Crippen LogP contribution >= 0.6 is 0 Å². The third-order valence-corrected chi connectivity index (χ3v) is 6.68. The lowest BCUT2D eigenvalue weighted by Gasteiger charge is -2.32. The first-order valence-electron chi connectivity index (χ1n) is 11.7. The molecule has 2 aliphatic rings. The topological polar surface area (TPSA) is 95.9 Å². The third-order valence-electron chi connectivity index (χ3n) is 6.68. The number of amides is 2. The molecular weight excluding hydrogens is 432 g/mol. The van der Waals surface area contributed by atoms with Gasteiger partial charge < -0.3 is 20.1 Å². The molecule has 178 valence electrons. The van der Waals surface area contributed by atoms with E-state index in [1.165, 1.54) is 22.1 Å². The van der Waals surface area contributed by atoms with Gasteiger partial charge in [0.2, 0.25) is 5.91 Å². The van der Waals surface area contributed by atoms with Crippen molar-refractivity contribution in [2.24, 2.45) is 5.92 Å². The normalized spacial score (nSPS) is 18.9. The molecule has 7 heteroatoms. The highest BCUT2D eigenvalue weighted by molar-refractivity contribution is 5.83. The Morgan fingerprint density at radius 2 is 1.71 bits per heavy atom. The van der Waals surface area contributed by atoms with Crippen LogP contribution in [0.5, 0.6) is 0 Å². The molecule has 0 saturated heterocycles. The van der Waals surface area contributed by atoms with Crippen molar-refractivity contribution in [1.82, 2.24) is 10.2 Å². The fourth-order valence-electron chi connectivity index (χ4n) is 5.16. The number of carbonyl (C=O) groups is 3. The third kappa shape index (κ3) is 5.14. The molecule has 2 aromatic carbocycles. The van der Waals surface area contributed by atoms with Gasteiger partial charge in [-0.3, -0.25) is 9.59 Å². The number of alkyl carbamates (subject to hydrolysis) is 1. The standard InChI is InChI=1S/C27H30N2O5/c1-2-14-29(16-25(30)31)26(32)18-8-7-9-19(15-18)28-27(33)34-17-24-22-12-5-3-10-20(22)21-11-4-6-13-23(21)24/h2-6,10-13,18-19,24H,1,7-9,14-17H2,(H,28,33)(H,30,31)/t18-,19+/m1/s1. The van der Waals surface area contributed by atoms with Gasteiger partial charge in [0.15, 0.2) is 0 Å². The minimum absolute atomic E-state index is 0.0117. The van der Waals surface area contributed by atoms with Gasteiger partial charge in [-0.15, -0.1) is 6.58 Å². The van der Waals surface area contributed by atoms with Gasteiger partial charge in [-0.2, -0.15) is 0 Å². The van der Waals surface area contributed by atoms with Crippen molar-refractivity contribution in [3.8, 4) is 11.1 Å². The molecule has 0 bridgehead atoms. The van der Waals surface area contributed by atoms with Gasteiger partial charge >= 0.3 is 12.1 Å². The number of carbonyl (C=O) groups excluding carboxylic acids is 2. The smallest absolute Gasteiger partial charge is 0.407 e. The summed E-state index contributed by atoms with van der Waals surface area (Å²) in [7, 11) is 0. The fraction of sp³-hybridized carbons (Fsp3) is 0.370. The Labute approximate surface area is 199 Å². The Hall–Kier alpha value is -3.61. The molecule has 0 radical (unpaired) electrons. The van der Waals surface area contributed by atoms with Crippen LogP contribution in [-0.4, -0.2) is 53.7 Å². The maximum atomic E-state index is 12.9. The minimum Gasteiger partial charge on any atom is -0.480 e. The van der Waals surface area contributed by atoms with E-state index in [1.807, 2.05) is 24.3 Å². The lowest BCUT2D eigenvalue weighted by Crippen LogP contribution is -2.45. The number of rotatable bonds is 8. The van der Waals surface area contributed by atoms with Crippen LogP contribution in [-0.2, 0) is 14.3 Å². The number of benzene rings is 2. The summed E-state index contributed by atoms with van der Waals surface area (Å²) < 4.78 is 5.64. The number of fused-ring (bicyclic) bond motifs is 3. The number of hydrogen-bond acceptors (Lipinski definition) is 4.